The Morgan fingerprint density at radius 2 is 1.74 bits per heavy atom. The SMILES string of the molecule is CC(=NNC(=O)c1ccccc1OCc1ccccc1)c1cccc(N)c1. The molecule has 5 heteroatoms. The van der Waals surface area contributed by atoms with Gasteiger partial charge in [-0.15, -0.1) is 0 Å². The molecule has 0 aliphatic heterocycles. The van der Waals surface area contributed by atoms with Gasteiger partial charge in [0.2, 0.25) is 0 Å². The molecule has 0 aliphatic carbocycles. The topological polar surface area (TPSA) is 76.7 Å². The summed E-state index contributed by atoms with van der Waals surface area (Å²) in [6.45, 7) is 2.20. The Hall–Kier alpha value is -3.60. The number of carbonyl (C=O) groups is 1. The number of anilines is 1. The van der Waals surface area contributed by atoms with E-state index < -0.39 is 0 Å². The number of rotatable bonds is 6. The highest BCUT2D eigenvalue weighted by molar-refractivity contribution is 6.02. The van der Waals surface area contributed by atoms with Gasteiger partial charge in [0.25, 0.3) is 5.91 Å². The van der Waals surface area contributed by atoms with Crippen molar-refractivity contribution in [1.82, 2.24) is 5.43 Å². The summed E-state index contributed by atoms with van der Waals surface area (Å²) >= 11 is 0. The van der Waals surface area contributed by atoms with Crippen LogP contribution in [0.1, 0.15) is 28.4 Å². The monoisotopic (exact) mass is 359 g/mol. The molecule has 3 N–H and O–H groups in total. The summed E-state index contributed by atoms with van der Waals surface area (Å²) in [6.07, 6.45) is 0. The number of benzene rings is 3. The Morgan fingerprint density at radius 3 is 2.52 bits per heavy atom. The summed E-state index contributed by atoms with van der Waals surface area (Å²) < 4.78 is 5.83. The fraction of sp³-hybridized carbons (Fsp3) is 0.0909. The molecule has 3 aromatic rings. The number of hydrogen-bond donors (Lipinski definition) is 2. The van der Waals surface area contributed by atoms with Gasteiger partial charge in [-0.1, -0.05) is 54.6 Å². The first-order valence-corrected chi connectivity index (χ1v) is 8.60. The molecule has 136 valence electrons. The highest BCUT2D eigenvalue weighted by Crippen LogP contribution is 2.19. The van der Waals surface area contributed by atoms with Crippen molar-refractivity contribution in [2.75, 3.05) is 5.73 Å². The van der Waals surface area contributed by atoms with Crippen molar-refractivity contribution in [2.45, 2.75) is 13.5 Å². The zero-order valence-electron chi connectivity index (χ0n) is 15.1. The molecule has 1 amide bonds. The van der Waals surface area contributed by atoms with Gasteiger partial charge in [-0.25, -0.2) is 5.43 Å². The van der Waals surface area contributed by atoms with Crippen LogP contribution in [0.5, 0.6) is 5.75 Å². The highest BCUT2D eigenvalue weighted by Gasteiger charge is 2.12. The number of ether oxygens (including phenoxy) is 1. The minimum atomic E-state index is -0.332. The first-order chi connectivity index (χ1) is 13.1. The molecule has 0 radical (unpaired) electrons. The lowest BCUT2D eigenvalue weighted by atomic mass is 10.1. The molecular formula is C22H21N3O2. The smallest absolute Gasteiger partial charge is 0.275 e. The third-order valence-corrected chi connectivity index (χ3v) is 4.00. The first-order valence-electron chi connectivity index (χ1n) is 8.60. The number of nitrogens with two attached hydrogens (primary N) is 1. The lowest BCUT2D eigenvalue weighted by molar-refractivity contribution is 0.0950. The second-order valence-electron chi connectivity index (χ2n) is 6.03. The van der Waals surface area contributed by atoms with E-state index in [4.69, 9.17) is 10.5 Å². The average Bonchev–Trinajstić information content (AvgIpc) is 2.71. The lowest BCUT2D eigenvalue weighted by Gasteiger charge is -2.11. The fourth-order valence-electron chi connectivity index (χ4n) is 2.54. The van der Waals surface area contributed by atoms with E-state index in [1.54, 1.807) is 24.3 Å². The zero-order valence-corrected chi connectivity index (χ0v) is 15.1. The predicted molar refractivity (Wildman–Crippen MR) is 108 cm³/mol. The van der Waals surface area contributed by atoms with E-state index in [-0.39, 0.29) is 5.91 Å². The van der Waals surface area contributed by atoms with Crippen molar-refractivity contribution < 1.29 is 9.53 Å². The largest absolute Gasteiger partial charge is 0.488 e. The van der Waals surface area contributed by atoms with Crippen molar-refractivity contribution in [3.05, 3.63) is 95.6 Å². The molecule has 0 atom stereocenters. The maximum absolute atomic E-state index is 12.6. The summed E-state index contributed by atoms with van der Waals surface area (Å²) in [4.78, 5) is 12.6. The van der Waals surface area contributed by atoms with E-state index in [1.165, 1.54) is 0 Å². The molecule has 0 saturated heterocycles. The van der Waals surface area contributed by atoms with E-state index in [2.05, 4.69) is 10.5 Å². The summed E-state index contributed by atoms with van der Waals surface area (Å²) in [6, 6.07) is 24.2. The number of amides is 1. The quantitative estimate of drug-likeness (QED) is 0.397. The van der Waals surface area contributed by atoms with Crippen LogP contribution >= 0.6 is 0 Å². The van der Waals surface area contributed by atoms with Crippen molar-refractivity contribution in [1.29, 1.82) is 0 Å². The Morgan fingerprint density at radius 1 is 1.00 bits per heavy atom. The van der Waals surface area contributed by atoms with Crippen LogP contribution in [0.4, 0.5) is 5.69 Å². The van der Waals surface area contributed by atoms with Gasteiger partial charge in [0.15, 0.2) is 0 Å². The Labute approximate surface area is 158 Å². The number of nitrogen functional groups attached to an aromatic ring is 1. The Kier molecular flexibility index (Phi) is 5.84. The van der Waals surface area contributed by atoms with Crippen LogP contribution in [-0.2, 0) is 6.61 Å². The molecule has 3 aromatic carbocycles. The summed E-state index contributed by atoms with van der Waals surface area (Å²) in [5.41, 5.74) is 12.0. The third kappa shape index (κ3) is 4.95. The standard InChI is InChI=1S/C22H21N3O2/c1-16(18-10-7-11-19(23)14-18)24-25-22(26)20-12-5-6-13-21(20)27-15-17-8-3-2-4-9-17/h2-14H,15,23H2,1H3,(H,25,26). The van der Waals surface area contributed by atoms with Gasteiger partial charge < -0.3 is 10.5 Å². The Bertz CT molecular complexity index is 953. The van der Waals surface area contributed by atoms with E-state index in [0.717, 1.165) is 11.1 Å². The first kappa shape index (κ1) is 18.2. The second-order valence-corrected chi connectivity index (χ2v) is 6.03. The van der Waals surface area contributed by atoms with Gasteiger partial charge >= 0.3 is 0 Å². The molecule has 0 unspecified atom stereocenters. The van der Waals surface area contributed by atoms with Gasteiger partial charge in [0.1, 0.15) is 12.4 Å². The normalized spacial score (nSPS) is 11.1. The van der Waals surface area contributed by atoms with Crippen LogP contribution in [0.15, 0.2) is 84.0 Å². The van der Waals surface area contributed by atoms with Crippen LogP contribution in [0, 0.1) is 0 Å². The number of para-hydroxylation sites is 1. The molecule has 0 aromatic heterocycles. The van der Waals surface area contributed by atoms with Gasteiger partial charge in [-0.05, 0) is 42.3 Å². The van der Waals surface area contributed by atoms with Gasteiger partial charge in [0.05, 0.1) is 11.3 Å². The summed E-state index contributed by atoms with van der Waals surface area (Å²) in [7, 11) is 0. The summed E-state index contributed by atoms with van der Waals surface area (Å²) in [5.74, 6) is 0.178. The lowest BCUT2D eigenvalue weighted by Crippen LogP contribution is -2.20. The van der Waals surface area contributed by atoms with Gasteiger partial charge in [0, 0.05) is 5.69 Å². The van der Waals surface area contributed by atoms with E-state index in [1.807, 2.05) is 61.5 Å². The van der Waals surface area contributed by atoms with E-state index >= 15 is 0 Å². The zero-order chi connectivity index (χ0) is 19.1. The van der Waals surface area contributed by atoms with Gasteiger partial charge in [-0.2, -0.15) is 5.10 Å². The predicted octanol–water partition coefficient (Wildman–Crippen LogP) is 4.00. The minimum Gasteiger partial charge on any atom is -0.488 e. The van der Waals surface area contributed by atoms with Crippen LogP contribution in [0.2, 0.25) is 0 Å². The second kappa shape index (κ2) is 8.67. The molecule has 0 spiro atoms. The average molecular weight is 359 g/mol. The number of nitrogens with one attached hydrogen (secondary N) is 1. The molecule has 0 heterocycles. The number of hydrogen-bond acceptors (Lipinski definition) is 4. The van der Waals surface area contributed by atoms with Crippen molar-refractivity contribution in [3.63, 3.8) is 0 Å². The molecule has 3 rings (SSSR count). The van der Waals surface area contributed by atoms with Crippen LogP contribution in [0.25, 0.3) is 0 Å². The van der Waals surface area contributed by atoms with Crippen molar-refractivity contribution in [3.8, 4) is 5.75 Å². The molecule has 27 heavy (non-hydrogen) atoms. The molecule has 5 nitrogen and oxygen atoms in total. The third-order valence-electron chi connectivity index (χ3n) is 4.00. The van der Waals surface area contributed by atoms with Gasteiger partial charge in [-0.3, -0.25) is 4.79 Å². The number of carbonyl (C=O) groups excluding carboxylic acids is 1. The maximum Gasteiger partial charge on any atom is 0.275 e. The Balaban J connectivity index is 1.70. The maximum atomic E-state index is 12.6. The highest BCUT2D eigenvalue weighted by atomic mass is 16.5. The van der Waals surface area contributed by atoms with Crippen LogP contribution in [-0.4, -0.2) is 11.6 Å². The van der Waals surface area contributed by atoms with E-state index in [9.17, 15) is 4.79 Å². The van der Waals surface area contributed by atoms with Crippen LogP contribution < -0.4 is 15.9 Å². The minimum absolute atomic E-state index is 0.332. The number of hydrazone groups is 1. The molecular weight excluding hydrogens is 338 g/mol. The van der Waals surface area contributed by atoms with Crippen molar-refractivity contribution in [2.24, 2.45) is 5.10 Å². The van der Waals surface area contributed by atoms with Crippen LogP contribution in [0.3, 0.4) is 0 Å². The molecule has 0 saturated carbocycles. The number of nitrogens with zero attached hydrogens (tertiary/aromatic N) is 1. The molecule has 0 bridgehead atoms. The van der Waals surface area contributed by atoms with E-state index in [0.29, 0.717) is 29.3 Å². The summed E-state index contributed by atoms with van der Waals surface area (Å²) in [5, 5.41) is 4.18. The molecule has 0 fully saturated rings. The fourth-order valence-corrected chi connectivity index (χ4v) is 2.54. The van der Waals surface area contributed by atoms with Crippen molar-refractivity contribution >= 4 is 17.3 Å². The molecule has 0 aliphatic rings.